The van der Waals surface area contributed by atoms with Crippen molar-refractivity contribution in [2.45, 2.75) is 33.8 Å². The van der Waals surface area contributed by atoms with Crippen LogP contribution in [0.15, 0.2) is 60.7 Å². The molecule has 0 bridgehead atoms. The van der Waals surface area contributed by atoms with Crippen LogP contribution in [0.4, 0.5) is 11.4 Å². The van der Waals surface area contributed by atoms with Crippen LogP contribution in [0.3, 0.4) is 0 Å². The van der Waals surface area contributed by atoms with E-state index in [2.05, 4.69) is 5.32 Å². The molecule has 8 heteroatoms. The van der Waals surface area contributed by atoms with Crippen molar-refractivity contribution in [1.29, 1.82) is 0 Å². The number of amides is 3. The Bertz CT molecular complexity index is 1380. The van der Waals surface area contributed by atoms with E-state index in [1.165, 1.54) is 25.1 Å². The van der Waals surface area contributed by atoms with Crippen molar-refractivity contribution < 1.29 is 28.7 Å². The first-order valence-corrected chi connectivity index (χ1v) is 11.5. The first kappa shape index (κ1) is 24.7. The van der Waals surface area contributed by atoms with Gasteiger partial charge < -0.3 is 14.8 Å². The molecule has 1 aliphatic heterocycles. The third-order valence-corrected chi connectivity index (χ3v) is 5.83. The largest absolute Gasteiger partial charge is 0.492 e. The molecule has 1 atom stereocenters. The minimum absolute atomic E-state index is 0.0621. The molecule has 1 N–H and O–H groups in total. The van der Waals surface area contributed by atoms with E-state index in [-0.39, 0.29) is 16.7 Å². The van der Waals surface area contributed by atoms with Crippen molar-refractivity contribution in [2.75, 3.05) is 16.8 Å². The lowest BCUT2D eigenvalue weighted by Gasteiger charge is -2.17. The molecule has 0 fully saturated rings. The second kappa shape index (κ2) is 10.0. The van der Waals surface area contributed by atoms with Crippen LogP contribution in [-0.4, -0.2) is 36.4 Å². The normalized spacial score (nSPS) is 13.3. The molecule has 3 aromatic rings. The number of esters is 1. The molecule has 3 aromatic carbocycles. The van der Waals surface area contributed by atoms with E-state index in [1.54, 1.807) is 30.3 Å². The van der Waals surface area contributed by atoms with Crippen molar-refractivity contribution in [3.05, 3.63) is 88.5 Å². The first-order chi connectivity index (χ1) is 17.2. The van der Waals surface area contributed by atoms with E-state index in [4.69, 9.17) is 9.47 Å². The van der Waals surface area contributed by atoms with Crippen LogP contribution >= 0.6 is 0 Å². The lowest BCUT2D eigenvalue weighted by molar-refractivity contribution is -0.123. The zero-order valence-corrected chi connectivity index (χ0v) is 20.5. The molecule has 0 radical (unpaired) electrons. The van der Waals surface area contributed by atoms with Crippen LogP contribution in [0.2, 0.25) is 0 Å². The maximum atomic E-state index is 13.1. The first-order valence-electron chi connectivity index (χ1n) is 11.5. The SMILES string of the molecule is CCOc1ccccc1NC(=O)C(C)OC(=O)c1ccc2c(c1)C(=O)N(c1cc(C)ccc1C)C2=O. The number of carbonyl (C=O) groups is 4. The molecule has 0 aliphatic carbocycles. The molecule has 1 heterocycles. The number of nitrogens with one attached hydrogen (secondary N) is 1. The fourth-order valence-electron chi connectivity index (χ4n) is 3.91. The molecule has 1 unspecified atom stereocenters. The predicted molar refractivity (Wildman–Crippen MR) is 135 cm³/mol. The molecule has 0 aromatic heterocycles. The summed E-state index contributed by atoms with van der Waals surface area (Å²) in [5, 5.41) is 2.69. The Morgan fingerprint density at radius 2 is 1.67 bits per heavy atom. The zero-order valence-electron chi connectivity index (χ0n) is 20.5. The summed E-state index contributed by atoms with van der Waals surface area (Å²) in [5.41, 5.74) is 3.03. The Kier molecular flexibility index (Phi) is 6.87. The van der Waals surface area contributed by atoms with Gasteiger partial charge in [-0.15, -0.1) is 0 Å². The fraction of sp³-hybridized carbons (Fsp3) is 0.214. The summed E-state index contributed by atoms with van der Waals surface area (Å²) in [5.74, 6) is -1.80. The summed E-state index contributed by atoms with van der Waals surface area (Å²) in [6, 6.07) is 16.6. The number of hydrogen-bond acceptors (Lipinski definition) is 6. The molecule has 1 aliphatic rings. The van der Waals surface area contributed by atoms with Gasteiger partial charge in [0.25, 0.3) is 17.7 Å². The maximum Gasteiger partial charge on any atom is 0.338 e. The highest BCUT2D eigenvalue weighted by atomic mass is 16.5. The minimum atomic E-state index is -1.12. The molecule has 0 saturated heterocycles. The van der Waals surface area contributed by atoms with Gasteiger partial charge in [0, 0.05) is 0 Å². The van der Waals surface area contributed by atoms with Crippen LogP contribution in [0.1, 0.15) is 56.0 Å². The van der Waals surface area contributed by atoms with E-state index < -0.39 is 29.8 Å². The van der Waals surface area contributed by atoms with Crippen LogP contribution in [0.5, 0.6) is 5.75 Å². The van der Waals surface area contributed by atoms with Crippen molar-refractivity contribution in [3.8, 4) is 5.75 Å². The fourth-order valence-corrected chi connectivity index (χ4v) is 3.91. The van der Waals surface area contributed by atoms with Gasteiger partial charge in [-0.2, -0.15) is 0 Å². The number of para-hydroxylation sites is 2. The van der Waals surface area contributed by atoms with Crippen LogP contribution < -0.4 is 15.0 Å². The molecule has 0 spiro atoms. The zero-order chi connectivity index (χ0) is 26.0. The second-order valence-electron chi connectivity index (χ2n) is 8.46. The third kappa shape index (κ3) is 4.70. The van der Waals surface area contributed by atoms with Crippen LogP contribution in [0.25, 0.3) is 0 Å². The van der Waals surface area contributed by atoms with Crippen molar-refractivity contribution in [1.82, 2.24) is 0 Å². The third-order valence-electron chi connectivity index (χ3n) is 5.83. The van der Waals surface area contributed by atoms with Crippen molar-refractivity contribution >= 4 is 35.1 Å². The van der Waals surface area contributed by atoms with Gasteiger partial charge in [0.1, 0.15) is 5.75 Å². The number of benzene rings is 3. The number of ether oxygens (including phenoxy) is 2. The molecular weight excluding hydrogens is 460 g/mol. The van der Waals surface area contributed by atoms with E-state index in [0.717, 1.165) is 16.0 Å². The number of imide groups is 1. The number of hydrogen-bond donors (Lipinski definition) is 1. The second-order valence-corrected chi connectivity index (χ2v) is 8.46. The van der Waals surface area contributed by atoms with Gasteiger partial charge in [-0.05, 0) is 75.2 Å². The number of aryl methyl sites for hydroxylation is 2. The van der Waals surface area contributed by atoms with Gasteiger partial charge in [-0.25, -0.2) is 9.69 Å². The Morgan fingerprint density at radius 3 is 2.42 bits per heavy atom. The van der Waals surface area contributed by atoms with E-state index in [0.29, 0.717) is 23.7 Å². The maximum absolute atomic E-state index is 13.1. The van der Waals surface area contributed by atoms with Gasteiger partial charge in [0.2, 0.25) is 0 Å². The molecule has 0 saturated carbocycles. The summed E-state index contributed by atoms with van der Waals surface area (Å²) in [7, 11) is 0. The lowest BCUT2D eigenvalue weighted by atomic mass is 10.1. The standard InChI is InChI=1S/C28H26N2O6/c1-5-35-24-9-7-6-8-22(24)29-25(31)18(4)36-28(34)19-12-13-20-21(15-19)27(33)30(26(20)32)23-14-16(2)10-11-17(23)3/h6-15,18H,5H2,1-4H3,(H,29,31). The summed E-state index contributed by atoms with van der Waals surface area (Å²) in [6.07, 6.45) is -1.12. The molecule has 36 heavy (non-hydrogen) atoms. The van der Waals surface area contributed by atoms with Crippen LogP contribution in [-0.2, 0) is 9.53 Å². The number of anilines is 2. The van der Waals surface area contributed by atoms with Crippen molar-refractivity contribution in [2.24, 2.45) is 0 Å². The van der Waals surface area contributed by atoms with Gasteiger partial charge in [-0.1, -0.05) is 24.3 Å². The molecule has 4 rings (SSSR count). The van der Waals surface area contributed by atoms with Gasteiger partial charge in [0.15, 0.2) is 6.10 Å². The molecule has 8 nitrogen and oxygen atoms in total. The highest BCUT2D eigenvalue weighted by Crippen LogP contribution is 2.32. The molecule has 184 valence electrons. The van der Waals surface area contributed by atoms with E-state index in [1.807, 2.05) is 32.9 Å². The predicted octanol–water partition coefficient (Wildman–Crippen LogP) is 4.69. The highest BCUT2D eigenvalue weighted by molar-refractivity contribution is 6.35. The Morgan fingerprint density at radius 1 is 0.944 bits per heavy atom. The summed E-state index contributed by atoms with van der Waals surface area (Å²) >= 11 is 0. The average molecular weight is 487 g/mol. The Hall–Kier alpha value is -4.46. The Balaban J connectivity index is 1.50. The highest BCUT2D eigenvalue weighted by Gasteiger charge is 2.38. The van der Waals surface area contributed by atoms with Gasteiger partial charge >= 0.3 is 5.97 Å². The number of rotatable bonds is 7. The quantitative estimate of drug-likeness (QED) is 0.384. The lowest BCUT2D eigenvalue weighted by Crippen LogP contribution is -2.30. The smallest absolute Gasteiger partial charge is 0.338 e. The number of carbonyl (C=O) groups excluding carboxylic acids is 4. The number of fused-ring (bicyclic) bond motifs is 1. The minimum Gasteiger partial charge on any atom is -0.492 e. The van der Waals surface area contributed by atoms with E-state index >= 15 is 0 Å². The summed E-state index contributed by atoms with van der Waals surface area (Å²) < 4.78 is 10.8. The molecule has 3 amide bonds. The monoisotopic (exact) mass is 486 g/mol. The Labute approximate surface area is 208 Å². The molecular formula is C28H26N2O6. The number of nitrogens with zero attached hydrogens (tertiary/aromatic N) is 1. The van der Waals surface area contributed by atoms with Gasteiger partial charge in [0.05, 0.1) is 34.7 Å². The van der Waals surface area contributed by atoms with Crippen LogP contribution in [0, 0.1) is 13.8 Å². The van der Waals surface area contributed by atoms with Gasteiger partial charge in [-0.3, -0.25) is 14.4 Å². The average Bonchev–Trinajstić information content (AvgIpc) is 3.11. The summed E-state index contributed by atoms with van der Waals surface area (Å²) in [6.45, 7) is 7.40. The summed E-state index contributed by atoms with van der Waals surface area (Å²) in [4.78, 5) is 52.7. The topological polar surface area (TPSA) is 102 Å². The van der Waals surface area contributed by atoms with E-state index in [9.17, 15) is 19.2 Å². The van der Waals surface area contributed by atoms with Crippen molar-refractivity contribution in [3.63, 3.8) is 0 Å².